The van der Waals surface area contributed by atoms with Gasteiger partial charge in [-0.3, -0.25) is 9.69 Å². The predicted molar refractivity (Wildman–Crippen MR) is 130 cm³/mol. The van der Waals surface area contributed by atoms with Crippen LogP contribution in [0, 0.1) is 13.8 Å². The largest absolute Gasteiger partial charge is 0.321 e. The molecule has 3 aromatic rings. The number of aromatic amines is 1. The average molecular weight is 450 g/mol. The van der Waals surface area contributed by atoms with Crippen molar-refractivity contribution in [1.29, 1.82) is 0 Å². The fourth-order valence-corrected chi connectivity index (χ4v) is 5.76. The van der Waals surface area contributed by atoms with Crippen LogP contribution in [0.1, 0.15) is 73.6 Å². The Hall–Kier alpha value is -2.58. The Labute approximate surface area is 195 Å². The van der Waals surface area contributed by atoms with Crippen LogP contribution in [0.25, 0.3) is 10.9 Å². The normalized spacial score (nSPS) is 19.5. The highest BCUT2D eigenvalue weighted by atomic mass is 16.1. The first-order valence-corrected chi connectivity index (χ1v) is 12.4. The summed E-state index contributed by atoms with van der Waals surface area (Å²) in [6, 6.07) is 6.41. The van der Waals surface area contributed by atoms with Crippen molar-refractivity contribution in [1.82, 2.24) is 35.0 Å². The first kappa shape index (κ1) is 22.2. The summed E-state index contributed by atoms with van der Waals surface area (Å²) in [4.78, 5) is 21.6. The van der Waals surface area contributed by atoms with Gasteiger partial charge >= 0.3 is 0 Å². The van der Waals surface area contributed by atoms with E-state index in [0.717, 1.165) is 79.8 Å². The molecule has 1 atom stereocenters. The molecule has 0 bridgehead atoms. The van der Waals surface area contributed by atoms with E-state index in [4.69, 9.17) is 0 Å². The van der Waals surface area contributed by atoms with Crippen molar-refractivity contribution in [3.8, 4) is 0 Å². The van der Waals surface area contributed by atoms with E-state index in [0.29, 0.717) is 6.04 Å². The molecule has 2 aromatic heterocycles. The van der Waals surface area contributed by atoms with E-state index in [1.807, 2.05) is 4.68 Å². The number of pyridine rings is 1. The van der Waals surface area contributed by atoms with Gasteiger partial charge in [0.2, 0.25) is 0 Å². The molecule has 1 saturated heterocycles. The second-order valence-corrected chi connectivity index (χ2v) is 9.80. The number of aromatic nitrogens is 5. The van der Waals surface area contributed by atoms with Gasteiger partial charge in [0.25, 0.3) is 5.56 Å². The highest BCUT2D eigenvalue weighted by molar-refractivity contribution is 5.83. The van der Waals surface area contributed by atoms with Crippen LogP contribution in [0.3, 0.4) is 0 Å². The Balaban J connectivity index is 1.60. The van der Waals surface area contributed by atoms with Gasteiger partial charge in [-0.15, -0.1) is 5.10 Å². The molecule has 1 unspecified atom stereocenters. The number of nitrogens with zero attached hydrogens (tertiary/aromatic N) is 6. The summed E-state index contributed by atoms with van der Waals surface area (Å²) in [5.74, 6) is 0.806. The van der Waals surface area contributed by atoms with Gasteiger partial charge in [0.15, 0.2) is 5.82 Å². The highest BCUT2D eigenvalue weighted by Crippen LogP contribution is 2.34. The molecule has 8 heteroatoms. The molecule has 8 nitrogen and oxygen atoms in total. The maximum Gasteiger partial charge on any atom is 0.253 e. The lowest BCUT2D eigenvalue weighted by Crippen LogP contribution is -2.49. The minimum atomic E-state index is -0.252. The van der Waals surface area contributed by atoms with E-state index in [1.54, 1.807) is 0 Å². The number of rotatable bonds is 6. The van der Waals surface area contributed by atoms with Gasteiger partial charge < -0.3 is 9.88 Å². The van der Waals surface area contributed by atoms with E-state index in [-0.39, 0.29) is 11.6 Å². The van der Waals surface area contributed by atoms with Gasteiger partial charge in [0.05, 0.1) is 11.6 Å². The molecule has 1 N–H and O–H groups in total. The molecule has 5 rings (SSSR count). The minimum absolute atomic E-state index is 0.0450. The van der Waals surface area contributed by atoms with Crippen molar-refractivity contribution in [3.05, 3.63) is 51.1 Å². The van der Waals surface area contributed by atoms with Crippen molar-refractivity contribution in [3.63, 3.8) is 0 Å². The molecule has 0 spiro atoms. The van der Waals surface area contributed by atoms with E-state index in [9.17, 15) is 4.79 Å². The molecule has 0 radical (unpaired) electrons. The molecule has 3 heterocycles. The zero-order valence-corrected chi connectivity index (χ0v) is 20.0. The summed E-state index contributed by atoms with van der Waals surface area (Å²) in [5, 5.41) is 14.1. The summed E-state index contributed by atoms with van der Waals surface area (Å²) < 4.78 is 2.02. The monoisotopic (exact) mass is 449 g/mol. The summed E-state index contributed by atoms with van der Waals surface area (Å²) in [5.41, 5.74) is 3.89. The third-order valence-corrected chi connectivity index (χ3v) is 7.36. The number of tetrazole rings is 1. The number of aryl methyl sites for hydroxylation is 2. The van der Waals surface area contributed by atoms with Crippen LogP contribution in [0.4, 0.5) is 0 Å². The Bertz CT molecular complexity index is 1170. The summed E-state index contributed by atoms with van der Waals surface area (Å²) >= 11 is 0. The summed E-state index contributed by atoms with van der Waals surface area (Å²) in [6.07, 6.45) is 5.77. The van der Waals surface area contributed by atoms with Crippen molar-refractivity contribution < 1.29 is 0 Å². The molecule has 2 aliphatic rings. The molecule has 33 heavy (non-hydrogen) atoms. The standard InChI is InChI=1S/C25H35N7O/c1-4-9-30-10-12-31(13-11-30)23(24-27-28-29-32(24)20-7-5-6-8-20)21-16-19-15-17(2)14-18(3)22(19)26-25(21)33/h14-16,20,23H,4-13H2,1-3H3,(H,26,33). The van der Waals surface area contributed by atoms with Crippen molar-refractivity contribution in [2.45, 2.75) is 65.0 Å². The lowest BCUT2D eigenvalue weighted by atomic mass is 10.00. The van der Waals surface area contributed by atoms with Crippen LogP contribution in [-0.4, -0.2) is 67.7 Å². The third-order valence-electron chi connectivity index (χ3n) is 7.36. The maximum absolute atomic E-state index is 13.5. The van der Waals surface area contributed by atoms with Gasteiger partial charge in [-0.05, 0) is 73.2 Å². The maximum atomic E-state index is 13.5. The third kappa shape index (κ3) is 4.34. The number of fused-ring (bicyclic) bond motifs is 1. The number of benzene rings is 1. The first-order valence-electron chi connectivity index (χ1n) is 12.4. The lowest BCUT2D eigenvalue weighted by Gasteiger charge is -2.38. The second kappa shape index (κ2) is 9.35. The van der Waals surface area contributed by atoms with E-state index in [2.05, 4.69) is 69.3 Å². The summed E-state index contributed by atoms with van der Waals surface area (Å²) in [7, 11) is 0. The molecule has 0 amide bonds. The van der Waals surface area contributed by atoms with Gasteiger partial charge in [0, 0.05) is 31.7 Å². The molecule has 1 aliphatic carbocycles. The second-order valence-electron chi connectivity index (χ2n) is 9.80. The quantitative estimate of drug-likeness (QED) is 0.621. The first-order chi connectivity index (χ1) is 16.0. The fourth-order valence-electron chi connectivity index (χ4n) is 5.76. The predicted octanol–water partition coefficient (Wildman–Crippen LogP) is 3.36. The minimum Gasteiger partial charge on any atom is -0.321 e. The molecular formula is C25H35N7O. The number of H-pyrrole nitrogens is 1. The van der Waals surface area contributed by atoms with Crippen molar-refractivity contribution in [2.24, 2.45) is 0 Å². The fraction of sp³-hybridized carbons (Fsp3) is 0.600. The van der Waals surface area contributed by atoms with Crippen molar-refractivity contribution in [2.75, 3.05) is 32.7 Å². The number of piperazine rings is 1. The van der Waals surface area contributed by atoms with E-state index < -0.39 is 0 Å². The van der Waals surface area contributed by atoms with Gasteiger partial charge in [-0.25, -0.2) is 4.68 Å². The number of hydrogen-bond acceptors (Lipinski definition) is 6. The van der Waals surface area contributed by atoms with Crippen LogP contribution < -0.4 is 5.56 Å². The Morgan fingerprint density at radius 1 is 1.09 bits per heavy atom. The smallest absolute Gasteiger partial charge is 0.253 e. The zero-order valence-electron chi connectivity index (χ0n) is 20.0. The van der Waals surface area contributed by atoms with E-state index >= 15 is 0 Å². The number of hydrogen-bond donors (Lipinski definition) is 1. The van der Waals surface area contributed by atoms with Crippen LogP contribution in [0.5, 0.6) is 0 Å². The Morgan fingerprint density at radius 2 is 1.85 bits per heavy atom. The molecular weight excluding hydrogens is 414 g/mol. The zero-order chi connectivity index (χ0) is 22.9. The molecule has 1 aromatic carbocycles. The highest BCUT2D eigenvalue weighted by Gasteiger charge is 2.34. The topological polar surface area (TPSA) is 82.9 Å². The molecule has 1 saturated carbocycles. The van der Waals surface area contributed by atoms with E-state index in [1.165, 1.54) is 18.4 Å². The Morgan fingerprint density at radius 3 is 2.58 bits per heavy atom. The van der Waals surface area contributed by atoms with Gasteiger partial charge in [0.1, 0.15) is 6.04 Å². The van der Waals surface area contributed by atoms with Gasteiger partial charge in [-0.2, -0.15) is 0 Å². The Kier molecular flexibility index (Phi) is 6.29. The molecule has 2 fully saturated rings. The SMILES string of the molecule is CCCN1CCN(C(c2cc3cc(C)cc(C)c3[nH]c2=O)c2nnnn2C2CCCC2)CC1. The number of nitrogens with one attached hydrogen (secondary N) is 1. The van der Waals surface area contributed by atoms with Crippen molar-refractivity contribution >= 4 is 10.9 Å². The van der Waals surface area contributed by atoms with Gasteiger partial charge in [-0.1, -0.05) is 31.4 Å². The summed E-state index contributed by atoms with van der Waals surface area (Å²) in [6.45, 7) is 11.3. The van der Waals surface area contributed by atoms with Crippen LogP contribution in [-0.2, 0) is 0 Å². The lowest BCUT2D eigenvalue weighted by molar-refractivity contribution is 0.103. The van der Waals surface area contributed by atoms with Crippen LogP contribution in [0.15, 0.2) is 23.0 Å². The van der Waals surface area contributed by atoms with Crippen LogP contribution >= 0.6 is 0 Å². The molecule has 1 aliphatic heterocycles. The average Bonchev–Trinajstić information content (AvgIpc) is 3.48. The van der Waals surface area contributed by atoms with Crippen LogP contribution in [0.2, 0.25) is 0 Å². The molecule has 176 valence electrons.